The van der Waals surface area contributed by atoms with E-state index < -0.39 is 17.7 Å². The summed E-state index contributed by atoms with van der Waals surface area (Å²) >= 11 is 0. The van der Waals surface area contributed by atoms with Crippen LogP contribution in [0, 0.1) is 18.7 Å². The van der Waals surface area contributed by atoms with Crippen LogP contribution in [0.1, 0.15) is 59.2 Å². The maximum Gasteiger partial charge on any atom is 0.411 e. The third-order valence-electron chi connectivity index (χ3n) is 10.4. The van der Waals surface area contributed by atoms with Gasteiger partial charge in [-0.3, -0.25) is 9.59 Å². The van der Waals surface area contributed by atoms with Gasteiger partial charge in [-0.1, -0.05) is 6.92 Å². The molecule has 2 N–H and O–H groups in total. The second-order valence-corrected chi connectivity index (χ2v) is 13.2. The molecule has 1 fully saturated rings. The number of pyridine rings is 2. The Morgan fingerprint density at radius 3 is 2.68 bits per heavy atom. The van der Waals surface area contributed by atoms with E-state index in [9.17, 15) is 19.2 Å². The smallest absolute Gasteiger partial charge is 0.411 e. The van der Waals surface area contributed by atoms with Crippen molar-refractivity contribution in [3.63, 3.8) is 0 Å². The fraction of sp³-hybridized carbons (Fsp3) is 0.500. The molecule has 0 unspecified atom stereocenters. The molecule has 3 aliphatic heterocycles. The summed E-state index contributed by atoms with van der Waals surface area (Å²) in [5.74, 6) is -1.25. The molecule has 2 amide bonds. The van der Waals surface area contributed by atoms with E-state index in [4.69, 9.17) is 14.5 Å². The van der Waals surface area contributed by atoms with Crippen molar-refractivity contribution >= 4 is 28.9 Å². The van der Waals surface area contributed by atoms with Crippen LogP contribution in [-0.2, 0) is 44.2 Å². The Hall–Kier alpha value is -4.36. The number of nitrogens with one attached hydrogen (secondary N) is 2. The Labute approximate surface area is 271 Å². The van der Waals surface area contributed by atoms with Gasteiger partial charge >= 0.3 is 12.1 Å². The van der Waals surface area contributed by atoms with Crippen LogP contribution in [0.25, 0.3) is 22.3 Å². The average Bonchev–Trinajstić information content (AvgIpc) is 3.41. The largest absolute Gasteiger partial charge is 0.457 e. The fourth-order valence-corrected chi connectivity index (χ4v) is 7.61. The van der Waals surface area contributed by atoms with Crippen LogP contribution >= 0.6 is 0 Å². The third kappa shape index (κ3) is 4.73. The van der Waals surface area contributed by atoms with Gasteiger partial charge in [0.1, 0.15) is 12.4 Å². The molecular formula is C34H39FN6O6. The first-order chi connectivity index (χ1) is 22.5. The quantitative estimate of drug-likeness (QED) is 0.291. The molecule has 4 aliphatic rings. The van der Waals surface area contributed by atoms with E-state index in [0.29, 0.717) is 61.5 Å². The van der Waals surface area contributed by atoms with Crippen molar-refractivity contribution in [2.24, 2.45) is 5.92 Å². The number of carbonyl (C=O) groups excluding carboxylic acids is 3. The number of esters is 1. The molecule has 47 heavy (non-hydrogen) atoms. The van der Waals surface area contributed by atoms with Crippen LogP contribution in [0.5, 0.6) is 0 Å². The maximum atomic E-state index is 15.3. The van der Waals surface area contributed by atoms with E-state index in [2.05, 4.69) is 15.5 Å². The number of carbonyl (C=O) groups is 3. The Morgan fingerprint density at radius 2 is 1.98 bits per heavy atom. The van der Waals surface area contributed by atoms with Crippen molar-refractivity contribution in [1.82, 2.24) is 30.0 Å². The van der Waals surface area contributed by atoms with Crippen LogP contribution in [0.2, 0.25) is 0 Å². The zero-order valence-corrected chi connectivity index (χ0v) is 27.3. The zero-order chi connectivity index (χ0) is 33.4. The number of ether oxygens (including phenoxy) is 2. The summed E-state index contributed by atoms with van der Waals surface area (Å²) in [4.78, 5) is 62.5. The summed E-state index contributed by atoms with van der Waals surface area (Å²) < 4.78 is 28.3. The van der Waals surface area contributed by atoms with E-state index in [1.165, 1.54) is 11.0 Å². The van der Waals surface area contributed by atoms with Gasteiger partial charge in [-0.25, -0.2) is 19.0 Å². The van der Waals surface area contributed by atoms with Gasteiger partial charge in [0, 0.05) is 55.8 Å². The van der Waals surface area contributed by atoms with Crippen LogP contribution in [0.15, 0.2) is 16.9 Å². The molecule has 248 valence electrons. The van der Waals surface area contributed by atoms with E-state index in [1.54, 1.807) is 38.6 Å². The molecule has 0 spiro atoms. The number of likely N-dealkylation sites (N-methyl/N-ethyl adjacent to an activating group) is 2. The van der Waals surface area contributed by atoms with Crippen LogP contribution in [-0.4, -0.2) is 84.6 Å². The average molecular weight is 647 g/mol. The fourth-order valence-electron chi connectivity index (χ4n) is 7.61. The van der Waals surface area contributed by atoms with Gasteiger partial charge < -0.3 is 34.5 Å². The first kappa shape index (κ1) is 31.3. The first-order valence-electron chi connectivity index (χ1n) is 16.2. The second kappa shape index (κ2) is 11.4. The molecule has 3 aromatic rings. The Kier molecular flexibility index (Phi) is 7.59. The van der Waals surface area contributed by atoms with Gasteiger partial charge in [-0.15, -0.1) is 0 Å². The molecule has 1 aromatic carbocycles. The van der Waals surface area contributed by atoms with Gasteiger partial charge in [-0.05, 0) is 63.0 Å². The van der Waals surface area contributed by atoms with Crippen LogP contribution in [0.3, 0.4) is 0 Å². The predicted octanol–water partition coefficient (Wildman–Crippen LogP) is 2.49. The molecule has 0 bridgehead atoms. The van der Waals surface area contributed by atoms with Crippen molar-refractivity contribution in [3.05, 3.63) is 61.7 Å². The minimum absolute atomic E-state index is 0.0258. The van der Waals surface area contributed by atoms with Crippen molar-refractivity contribution < 1.29 is 28.2 Å². The number of aryl methyl sites for hydroxylation is 1. The van der Waals surface area contributed by atoms with E-state index in [1.807, 2.05) is 7.05 Å². The van der Waals surface area contributed by atoms with E-state index in [-0.39, 0.29) is 59.9 Å². The van der Waals surface area contributed by atoms with Gasteiger partial charge in [-0.2, -0.15) is 0 Å². The molecule has 1 saturated heterocycles. The molecule has 0 saturated carbocycles. The van der Waals surface area contributed by atoms with E-state index in [0.717, 1.165) is 22.1 Å². The SMILES string of the molecule is CC[C@]1(OC(=O)N(C)CCNC)C(=O)OCc2c1cc1n(c2=O)Cc2c-1nc1cc(F)c(C)c3c1c2[C@H](NC(=O)C1CN(C)C1)CC3. The number of hydrogen-bond donors (Lipinski definition) is 2. The highest BCUT2D eigenvalue weighted by Gasteiger charge is 2.51. The summed E-state index contributed by atoms with van der Waals surface area (Å²) in [6.07, 6.45) is 0.472. The molecule has 1 aliphatic carbocycles. The van der Waals surface area contributed by atoms with Gasteiger partial charge in [0.25, 0.3) is 5.56 Å². The number of aromatic nitrogens is 2. The summed E-state index contributed by atoms with van der Waals surface area (Å²) in [6, 6.07) is 2.77. The number of amides is 2. The zero-order valence-electron chi connectivity index (χ0n) is 27.3. The number of benzene rings is 1. The number of likely N-dealkylation sites (tertiary alicyclic amines) is 1. The number of nitrogens with zero attached hydrogens (tertiary/aromatic N) is 4. The highest BCUT2D eigenvalue weighted by Crippen LogP contribution is 2.46. The second-order valence-electron chi connectivity index (χ2n) is 13.2. The normalized spacial score (nSPS) is 21.4. The predicted molar refractivity (Wildman–Crippen MR) is 170 cm³/mol. The van der Waals surface area contributed by atoms with Gasteiger partial charge in [0.2, 0.25) is 11.5 Å². The highest BCUT2D eigenvalue weighted by atomic mass is 19.1. The molecule has 7 rings (SSSR count). The topological polar surface area (TPSA) is 135 Å². The number of cyclic esters (lactones) is 1. The lowest BCUT2D eigenvalue weighted by Crippen LogP contribution is -2.52. The number of fused-ring (bicyclic) bond motifs is 5. The summed E-state index contributed by atoms with van der Waals surface area (Å²) in [7, 11) is 5.30. The molecule has 2 atom stereocenters. The van der Waals surface area contributed by atoms with Gasteiger partial charge in [0.15, 0.2) is 0 Å². The Morgan fingerprint density at radius 1 is 1.21 bits per heavy atom. The molecule has 2 aromatic heterocycles. The molecule has 0 radical (unpaired) electrons. The van der Waals surface area contributed by atoms with Crippen LogP contribution < -0.4 is 16.2 Å². The minimum atomic E-state index is -1.84. The van der Waals surface area contributed by atoms with Crippen molar-refractivity contribution in [2.45, 2.75) is 57.9 Å². The lowest BCUT2D eigenvalue weighted by atomic mass is 9.81. The van der Waals surface area contributed by atoms with Crippen LogP contribution in [0.4, 0.5) is 9.18 Å². The molecule has 5 heterocycles. The number of halogens is 1. The molecule has 13 heteroatoms. The summed E-state index contributed by atoms with van der Waals surface area (Å²) in [5, 5.41) is 7.06. The first-order valence-corrected chi connectivity index (χ1v) is 16.2. The van der Waals surface area contributed by atoms with Crippen molar-refractivity contribution in [2.75, 3.05) is 47.3 Å². The summed E-state index contributed by atoms with van der Waals surface area (Å²) in [5.41, 5.74) is 2.67. The molecule has 12 nitrogen and oxygen atoms in total. The maximum absolute atomic E-state index is 15.3. The number of hydrogen-bond acceptors (Lipinski definition) is 9. The van der Waals surface area contributed by atoms with Crippen molar-refractivity contribution in [1.29, 1.82) is 0 Å². The Balaban J connectivity index is 1.38. The highest BCUT2D eigenvalue weighted by molar-refractivity contribution is 5.94. The lowest BCUT2D eigenvalue weighted by Gasteiger charge is -2.37. The third-order valence-corrected chi connectivity index (χ3v) is 10.4. The van der Waals surface area contributed by atoms with E-state index >= 15 is 4.39 Å². The Bertz CT molecular complexity index is 1920. The van der Waals surface area contributed by atoms with Gasteiger partial charge in [0.05, 0.1) is 41.0 Å². The number of rotatable bonds is 7. The lowest BCUT2D eigenvalue weighted by molar-refractivity contribution is -0.173. The minimum Gasteiger partial charge on any atom is -0.457 e. The van der Waals surface area contributed by atoms with Crippen molar-refractivity contribution in [3.8, 4) is 11.4 Å². The standard InChI is InChI=1S/C34H39FN6O6/c1-6-34(47-33(45)40(5)10-9-36-3)22-11-26-29-20(15-41(26)31(43)21(22)16-46-32(34)44)28-24(38-30(42)18-13-39(4)14-18)8-7-19-17(2)23(35)12-25(37-29)27(19)28/h11-12,18,24,36H,6-10,13-16H2,1-5H3,(H,38,42)/t24-,34-/m1/s1. The monoisotopic (exact) mass is 646 g/mol. The summed E-state index contributed by atoms with van der Waals surface area (Å²) in [6.45, 7) is 5.61. The molecular weight excluding hydrogens is 607 g/mol.